The van der Waals surface area contributed by atoms with Crippen LogP contribution in [-0.4, -0.2) is 4.57 Å². The summed E-state index contributed by atoms with van der Waals surface area (Å²) in [4.78, 5) is 0. The minimum Gasteiger partial charge on any atom is -0.399 e. The lowest BCUT2D eigenvalue weighted by molar-refractivity contribution is 1.18. The molecule has 0 radical (unpaired) electrons. The van der Waals surface area contributed by atoms with Gasteiger partial charge in [-0.25, -0.2) is 0 Å². The Labute approximate surface area is 187 Å². The molecule has 152 valence electrons. The van der Waals surface area contributed by atoms with Crippen molar-refractivity contribution in [2.75, 3.05) is 5.73 Å². The lowest BCUT2D eigenvalue weighted by atomic mass is 9.94. The molecule has 0 saturated carbocycles. The zero-order valence-corrected chi connectivity index (χ0v) is 17.6. The van der Waals surface area contributed by atoms with Crippen LogP contribution in [-0.2, 0) is 0 Å². The summed E-state index contributed by atoms with van der Waals surface area (Å²) in [7, 11) is 0. The largest absolute Gasteiger partial charge is 0.399 e. The predicted molar refractivity (Wildman–Crippen MR) is 136 cm³/mol. The third-order valence-corrected chi connectivity index (χ3v) is 6.12. The van der Waals surface area contributed by atoms with Crippen molar-refractivity contribution in [1.29, 1.82) is 0 Å². The molecule has 5 aromatic carbocycles. The Kier molecular flexibility index (Phi) is 4.29. The fraction of sp³-hybridized carbons (Fsp3) is 0. The van der Waals surface area contributed by atoms with Gasteiger partial charge in [0.25, 0.3) is 0 Å². The van der Waals surface area contributed by atoms with E-state index in [1.165, 1.54) is 32.9 Å². The van der Waals surface area contributed by atoms with E-state index in [4.69, 9.17) is 5.73 Å². The highest BCUT2D eigenvalue weighted by Gasteiger charge is 2.13. The third-order valence-electron chi connectivity index (χ3n) is 6.12. The highest BCUT2D eigenvalue weighted by atomic mass is 15.0. The Bertz CT molecular complexity index is 1520. The molecular formula is C30H22N2. The van der Waals surface area contributed by atoms with Crippen LogP contribution in [0.3, 0.4) is 0 Å². The number of hydrogen-bond acceptors (Lipinski definition) is 1. The number of rotatable bonds is 3. The Morgan fingerprint density at radius 3 is 1.81 bits per heavy atom. The maximum absolute atomic E-state index is 6.22. The number of para-hydroxylation sites is 2. The lowest BCUT2D eigenvalue weighted by Gasteiger charge is -2.14. The van der Waals surface area contributed by atoms with Crippen LogP contribution in [0.2, 0.25) is 0 Å². The molecule has 2 heteroatoms. The molecule has 1 aromatic heterocycles. The van der Waals surface area contributed by atoms with Gasteiger partial charge in [0, 0.05) is 22.1 Å². The number of anilines is 1. The number of fused-ring (bicyclic) bond motifs is 3. The van der Waals surface area contributed by atoms with Crippen LogP contribution in [0.5, 0.6) is 0 Å². The normalized spacial score (nSPS) is 11.2. The minimum atomic E-state index is 0.766. The summed E-state index contributed by atoms with van der Waals surface area (Å²) in [5, 5.41) is 2.53. The van der Waals surface area contributed by atoms with E-state index >= 15 is 0 Å². The number of nitrogen functional groups attached to an aromatic ring is 1. The first-order valence-electron chi connectivity index (χ1n) is 10.8. The molecule has 6 rings (SSSR count). The molecule has 0 atom stereocenters. The minimum absolute atomic E-state index is 0.766. The van der Waals surface area contributed by atoms with Crippen molar-refractivity contribution in [3.8, 4) is 27.9 Å². The molecule has 1 heterocycles. The number of hydrogen-bond donors (Lipinski definition) is 1. The molecule has 6 aromatic rings. The zero-order chi connectivity index (χ0) is 21.5. The summed E-state index contributed by atoms with van der Waals surface area (Å²) in [5.41, 5.74) is 15.2. The summed E-state index contributed by atoms with van der Waals surface area (Å²) in [6.07, 6.45) is 0. The van der Waals surface area contributed by atoms with Gasteiger partial charge >= 0.3 is 0 Å². The maximum Gasteiger partial charge on any atom is 0.0541 e. The van der Waals surface area contributed by atoms with Crippen LogP contribution < -0.4 is 5.73 Å². The van der Waals surface area contributed by atoms with E-state index in [9.17, 15) is 0 Å². The topological polar surface area (TPSA) is 30.9 Å². The van der Waals surface area contributed by atoms with Crippen LogP contribution in [0.1, 0.15) is 0 Å². The van der Waals surface area contributed by atoms with Gasteiger partial charge in [-0.1, -0.05) is 84.9 Å². The van der Waals surface area contributed by atoms with Crippen LogP contribution in [0, 0.1) is 0 Å². The van der Waals surface area contributed by atoms with Gasteiger partial charge < -0.3 is 10.3 Å². The average molecular weight is 411 g/mol. The summed E-state index contributed by atoms with van der Waals surface area (Å²) < 4.78 is 2.35. The Balaban J connectivity index is 1.60. The number of aromatic nitrogens is 1. The molecule has 2 nitrogen and oxygen atoms in total. The van der Waals surface area contributed by atoms with Crippen molar-refractivity contribution < 1.29 is 0 Å². The number of benzene rings is 5. The Morgan fingerprint density at radius 2 is 1.09 bits per heavy atom. The van der Waals surface area contributed by atoms with E-state index in [2.05, 4.69) is 114 Å². The van der Waals surface area contributed by atoms with E-state index in [-0.39, 0.29) is 0 Å². The number of nitrogens with two attached hydrogens (primary N) is 1. The van der Waals surface area contributed by atoms with Gasteiger partial charge in [-0.15, -0.1) is 0 Å². The summed E-state index contributed by atoms with van der Waals surface area (Å²) >= 11 is 0. The second-order valence-electron chi connectivity index (χ2n) is 8.09. The van der Waals surface area contributed by atoms with Gasteiger partial charge in [0.15, 0.2) is 0 Å². The molecule has 0 bridgehead atoms. The summed E-state index contributed by atoms with van der Waals surface area (Å²) in [6.45, 7) is 0. The van der Waals surface area contributed by atoms with Gasteiger partial charge in [-0.3, -0.25) is 0 Å². The fourth-order valence-corrected chi connectivity index (χ4v) is 4.68. The third kappa shape index (κ3) is 2.97. The molecule has 0 unspecified atom stereocenters. The molecule has 32 heavy (non-hydrogen) atoms. The van der Waals surface area contributed by atoms with Crippen molar-refractivity contribution in [2.45, 2.75) is 0 Å². The van der Waals surface area contributed by atoms with Crippen LogP contribution in [0.4, 0.5) is 5.69 Å². The molecule has 2 N–H and O–H groups in total. The summed E-state index contributed by atoms with van der Waals surface area (Å²) in [6, 6.07) is 42.6. The number of nitrogens with zero attached hydrogens (tertiary/aromatic N) is 1. The van der Waals surface area contributed by atoms with E-state index in [1.54, 1.807) is 0 Å². The second-order valence-corrected chi connectivity index (χ2v) is 8.09. The first kappa shape index (κ1) is 18.5. The lowest BCUT2D eigenvalue weighted by Crippen LogP contribution is -1.95. The quantitative estimate of drug-likeness (QED) is 0.298. The van der Waals surface area contributed by atoms with Crippen molar-refractivity contribution in [3.05, 3.63) is 121 Å². The first-order chi connectivity index (χ1) is 15.8. The SMILES string of the molecule is Nc1ccc(-c2ccccc2)c(-c2cccc(-n3c4ccccc4c4ccccc43)c2)c1. The van der Waals surface area contributed by atoms with Gasteiger partial charge in [0.1, 0.15) is 0 Å². The summed E-state index contributed by atoms with van der Waals surface area (Å²) in [5.74, 6) is 0. The Morgan fingerprint density at radius 1 is 0.469 bits per heavy atom. The van der Waals surface area contributed by atoms with Gasteiger partial charge in [0.05, 0.1) is 11.0 Å². The standard InChI is InChI=1S/C30H22N2/c31-23-17-18-25(21-9-2-1-3-10-21)28(20-23)22-11-8-12-24(19-22)32-29-15-6-4-13-26(29)27-14-5-7-16-30(27)32/h1-20H,31H2. The second kappa shape index (κ2) is 7.44. The molecule has 0 fully saturated rings. The van der Waals surface area contributed by atoms with Crippen LogP contribution >= 0.6 is 0 Å². The van der Waals surface area contributed by atoms with Gasteiger partial charge in [-0.2, -0.15) is 0 Å². The van der Waals surface area contributed by atoms with Crippen molar-refractivity contribution in [2.24, 2.45) is 0 Å². The molecule has 0 aliphatic heterocycles. The van der Waals surface area contributed by atoms with Crippen LogP contribution in [0.15, 0.2) is 121 Å². The molecular weight excluding hydrogens is 388 g/mol. The van der Waals surface area contributed by atoms with Crippen LogP contribution in [0.25, 0.3) is 49.7 Å². The maximum atomic E-state index is 6.22. The highest BCUT2D eigenvalue weighted by Crippen LogP contribution is 2.36. The molecule has 0 aliphatic rings. The van der Waals surface area contributed by atoms with Crippen molar-refractivity contribution in [3.63, 3.8) is 0 Å². The van der Waals surface area contributed by atoms with E-state index in [1.807, 2.05) is 12.1 Å². The van der Waals surface area contributed by atoms with Crippen molar-refractivity contribution in [1.82, 2.24) is 4.57 Å². The average Bonchev–Trinajstić information content (AvgIpc) is 3.19. The van der Waals surface area contributed by atoms with Crippen molar-refractivity contribution >= 4 is 27.5 Å². The van der Waals surface area contributed by atoms with E-state index < -0.39 is 0 Å². The monoisotopic (exact) mass is 410 g/mol. The Hall–Kier alpha value is -4.30. The molecule has 0 saturated heterocycles. The van der Waals surface area contributed by atoms with E-state index in [0.29, 0.717) is 0 Å². The zero-order valence-electron chi connectivity index (χ0n) is 17.6. The first-order valence-corrected chi connectivity index (χ1v) is 10.8. The molecule has 0 spiro atoms. The smallest absolute Gasteiger partial charge is 0.0541 e. The predicted octanol–water partition coefficient (Wildman–Crippen LogP) is 7.70. The molecule has 0 aliphatic carbocycles. The van der Waals surface area contributed by atoms with Gasteiger partial charge in [0.2, 0.25) is 0 Å². The van der Waals surface area contributed by atoms with E-state index in [0.717, 1.165) is 22.5 Å². The molecule has 0 amide bonds. The highest BCUT2D eigenvalue weighted by molar-refractivity contribution is 6.09. The van der Waals surface area contributed by atoms with Gasteiger partial charge in [-0.05, 0) is 58.7 Å². The fourth-order valence-electron chi connectivity index (χ4n) is 4.68.